The lowest BCUT2D eigenvalue weighted by atomic mass is 9.43. The summed E-state index contributed by atoms with van der Waals surface area (Å²) in [5.74, 6) is 3.81. The van der Waals surface area contributed by atoms with Crippen LogP contribution in [0.1, 0.15) is 51.2 Å². The van der Waals surface area contributed by atoms with Crippen molar-refractivity contribution in [1.82, 2.24) is 0 Å². The molecule has 3 aliphatic rings. The van der Waals surface area contributed by atoms with Crippen molar-refractivity contribution in [2.45, 2.75) is 53.4 Å². The molecule has 132 valence electrons. The van der Waals surface area contributed by atoms with Crippen molar-refractivity contribution in [2.75, 3.05) is 0 Å². The van der Waals surface area contributed by atoms with Crippen LogP contribution < -0.4 is 0 Å². The van der Waals surface area contributed by atoms with E-state index in [1.165, 1.54) is 47.9 Å². The van der Waals surface area contributed by atoms with Crippen molar-refractivity contribution in [1.29, 1.82) is 0 Å². The van der Waals surface area contributed by atoms with E-state index < -0.39 is 0 Å². The van der Waals surface area contributed by atoms with Crippen LogP contribution in [0.4, 0.5) is 0 Å². The summed E-state index contributed by atoms with van der Waals surface area (Å²) in [5.41, 5.74) is 6.09. The fraction of sp³-hybridized carbons (Fsp3) is 0.520. The molecule has 4 atom stereocenters. The van der Waals surface area contributed by atoms with Crippen LogP contribution >= 0.6 is 0 Å². The summed E-state index contributed by atoms with van der Waals surface area (Å²) in [6, 6.07) is 18.1. The Balaban J connectivity index is 1.37. The molecule has 0 aromatic heterocycles. The molecule has 0 radical (unpaired) electrons. The Morgan fingerprint density at radius 1 is 0.880 bits per heavy atom. The maximum absolute atomic E-state index is 2.52. The number of hydrogen-bond donors (Lipinski definition) is 0. The standard InChI is InChI=1S/C25H32/c1-17-5-10-20(11-6-17)21-12-7-19(8-13-21)9-14-22-15-23-16-24(18(22)2)25(23,3)4/h5-8,10-13,18,22-24H,9,14-16H2,1-4H3/t18-,22+,23+,24+/m1/s1. The molecular formula is C25H32. The van der Waals surface area contributed by atoms with Crippen LogP contribution in [-0.2, 0) is 6.42 Å². The third-order valence-electron chi connectivity index (χ3n) is 7.65. The highest BCUT2D eigenvalue weighted by atomic mass is 14.6. The minimum Gasteiger partial charge on any atom is -0.0620 e. The molecule has 0 heterocycles. The molecule has 0 aliphatic heterocycles. The van der Waals surface area contributed by atoms with Gasteiger partial charge in [0.1, 0.15) is 0 Å². The van der Waals surface area contributed by atoms with E-state index >= 15 is 0 Å². The molecule has 2 aromatic rings. The monoisotopic (exact) mass is 332 g/mol. The van der Waals surface area contributed by atoms with Gasteiger partial charge in [0.25, 0.3) is 0 Å². The lowest BCUT2D eigenvalue weighted by molar-refractivity contribution is -0.129. The van der Waals surface area contributed by atoms with E-state index in [1.807, 2.05) is 0 Å². The maximum Gasteiger partial charge on any atom is -0.0184 e. The fourth-order valence-electron chi connectivity index (χ4n) is 5.60. The summed E-state index contributed by atoms with van der Waals surface area (Å²) >= 11 is 0. The second-order valence-electron chi connectivity index (χ2n) is 9.32. The Morgan fingerprint density at radius 3 is 2.04 bits per heavy atom. The third kappa shape index (κ3) is 3.05. The van der Waals surface area contributed by atoms with E-state index in [4.69, 9.17) is 0 Å². The first-order valence-electron chi connectivity index (χ1n) is 10.1. The summed E-state index contributed by atoms with van der Waals surface area (Å²) in [6.45, 7) is 9.67. The van der Waals surface area contributed by atoms with Gasteiger partial charge in [-0.25, -0.2) is 0 Å². The Bertz CT molecular complexity index is 720. The van der Waals surface area contributed by atoms with E-state index in [0.717, 1.165) is 23.7 Å². The molecule has 3 fully saturated rings. The van der Waals surface area contributed by atoms with Crippen LogP contribution in [-0.4, -0.2) is 0 Å². The first-order chi connectivity index (χ1) is 11.9. The normalized spacial score (nSPS) is 29.9. The summed E-state index contributed by atoms with van der Waals surface area (Å²) < 4.78 is 0. The minimum atomic E-state index is 0.617. The van der Waals surface area contributed by atoms with Crippen molar-refractivity contribution in [3.8, 4) is 11.1 Å². The predicted molar refractivity (Wildman–Crippen MR) is 108 cm³/mol. The lowest BCUT2D eigenvalue weighted by Crippen LogP contribution is -2.54. The highest BCUT2D eigenvalue weighted by Gasteiger charge is 2.55. The lowest BCUT2D eigenvalue weighted by Gasteiger charge is -2.62. The van der Waals surface area contributed by atoms with Crippen molar-refractivity contribution in [3.63, 3.8) is 0 Å². The number of hydrogen-bond acceptors (Lipinski definition) is 0. The Hall–Kier alpha value is -1.56. The van der Waals surface area contributed by atoms with Gasteiger partial charge in [0.2, 0.25) is 0 Å². The fourth-order valence-corrected chi connectivity index (χ4v) is 5.60. The first kappa shape index (κ1) is 16.9. The molecule has 3 saturated carbocycles. The smallest absolute Gasteiger partial charge is 0.0184 e. The highest BCUT2D eigenvalue weighted by Crippen LogP contribution is 2.63. The quantitative estimate of drug-likeness (QED) is 0.570. The zero-order chi connectivity index (χ0) is 17.6. The molecule has 2 bridgehead atoms. The summed E-state index contributed by atoms with van der Waals surface area (Å²) in [7, 11) is 0. The van der Waals surface area contributed by atoms with Crippen LogP contribution in [0.5, 0.6) is 0 Å². The Morgan fingerprint density at radius 2 is 1.48 bits per heavy atom. The summed E-state index contributed by atoms with van der Waals surface area (Å²) in [4.78, 5) is 0. The van der Waals surface area contributed by atoms with Crippen molar-refractivity contribution in [2.24, 2.45) is 29.1 Å². The number of fused-ring (bicyclic) bond motifs is 2. The zero-order valence-electron chi connectivity index (χ0n) is 16.3. The number of rotatable bonds is 4. The number of aryl methyl sites for hydroxylation is 2. The van der Waals surface area contributed by atoms with E-state index in [1.54, 1.807) is 0 Å². The molecule has 0 saturated heterocycles. The van der Waals surface area contributed by atoms with Gasteiger partial charge in [0.05, 0.1) is 0 Å². The third-order valence-corrected chi connectivity index (χ3v) is 7.65. The molecule has 3 aliphatic carbocycles. The molecule has 0 spiro atoms. The Kier molecular flexibility index (Phi) is 4.26. The molecule has 0 unspecified atom stereocenters. The van der Waals surface area contributed by atoms with Gasteiger partial charge in [0, 0.05) is 0 Å². The van der Waals surface area contributed by atoms with Gasteiger partial charge in [-0.05, 0) is 78.4 Å². The summed E-state index contributed by atoms with van der Waals surface area (Å²) in [6.07, 6.45) is 5.57. The van der Waals surface area contributed by atoms with Gasteiger partial charge in [-0.2, -0.15) is 0 Å². The second-order valence-corrected chi connectivity index (χ2v) is 9.32. The molecule has 0 heteroatoms. The SMILES string of the molecule is Cc1ccc(-c2ccc(CC[C@H]3C[C@H]4C[C@@H]([C@@H]3C)C4(C)C)cc2)cc1. The predicted octanol–water partition coefficient (Wildman–Crippen LogP) is 6.91. The summed E-state index contributed by atoms with van der Waals surface area (Å²) in [5, 5.41) is 0. The van der Waals surface area contributed by atoms with Crippen molar-refractivity contribution >= 4 is 0 Å². The maximum atomic E-state index is 2.52. The first-order valence-corrected chi connectivity index (χ1v) is 10.1. The molecular weight excluding hydrogens is 300 g/mol. The highest BCUT2D eigenvalue weighted by molar-refractivity contribution is 5.63. The van der Waals surface area contributed by atoms with Crippen LogP contribution in [0.15, 0.2) is 48.5 Å². The molecule has 5 rings (SSSR count). The van der Waals surface area contributed by atoms with Gasteiger partial charge in [-0.1, -0.05) is 74.9 Å². The molecule has 25 heavy (non-hydrogen) atoms. The zero-order valence-corrected chi connectivity index (χ0v) is 16.3. The van der Waals surface area contributed by atoms with Crippen molar-refractivity contribution < 1.29 is 0 Å². The van der Waals surface area contributed by atoms with Gasteiger partial charge in [-0.15, -0.1) is 0 Å². The average Bonchev–Trinajstić information content (AvgIpc) is 2.61. The molecule has 0 N–H and O–H groups in total. The molecule has 0 amide bonds. The molecule has 2 aromatic carbocycles. The van der Waals surface area contributed by atoms with E-state index in [0.29, 0.717) is 5.41 Å². The largest absolute Gasteiger partial charge is 0.0620 e. The van der Waals surface area contributed by atoms with E-state index in [9.17, 15) is 0 Å². The molecule has 0 nitrogen and oxygen atoms in total. The average molecular weight is 333 g/mol. The van der Waals surface area contributed by atoms with Gasteiger partial charge < -0.3 is 0 Å². The van der Waals surface area contributed by atoms with Gasteiger partial charge >= 0.3 is 0 Å². The van der Waals surface area contributed by atoms with Gasteiger partial charge in [-0.3, -0.25) is 0 Å². The van der Waals surface area contributed by atoms with Crippen molar-refractivity contribution in [3.05, 3.63) is 59.7 Å². The second kappa shape index (κ2) is 6.31. The topological polar surface area (TPSA) is 0 Å². The minimum absolute atomic E-state index is 0.617. The van der Waals surface area contributed by atoms with E-state index in [-0.39, 0.29) is 0 Å². The number of benzene rings is 2. The van der Waals surface area contributed by atoms with E-state index in [2.05, 4.69) is 76.2 Å². The van der Waals surface area contributed by atoms with Crippen LogP contribution in [0.25, 0.3) is 11.1 Å². The van der Waals surface area contributed by atoms with Crippen LogP contribution in [0.3, 0.4) is 0 Å². The van der Waals surface area contributed by atoms with Gasteiger partial charge in [0.15, 0.2) is 0 Å². The van der Waals surface area contributed by atoms with Crippen LogP contribution in [0, 0.1) is 36.0 Å². The van der Waals surface area contributed by atoms with Crippen LogP contribution in [0.2, 0.25) is 0 Å². The Labute approximate surface area is 153 Å².